The number of nitrogens with one attached hydrogen (secondary N) is 1. The van der Waals surface area contributed by atoms with Gasteiger partial charge in [0.1, 0.15) is 5.82 Å². The molecule has 3 aromatic rings. The average molecular weight is 248 g/mol. The Labute approximate surface area is 112 Å². The lowest BCUT2D eigenvalue weighted by Crippen LogP contribution is -2.10. The van der Waals surface area contributed by atoms with Gasteiger partial charge < -0.3 is 4.98 Å². The first-order valence-electron chi connectivity index (χ1n) is 6.81. The standard InChI is InChI=1S/C17H16N2/c1-12-6-5-9-14-15(12)19-16(18-14)17(10-11-17)13-7-3-2-4-8-13/h2-9H,10-11H2,1H3,(H,18,19). The van der Waals surface area contributed by atoms with Crippen LogP contribution in [0.1, 0.15) is 29.8 Å². The van der Waals surface area contributed by atoms with Crippen LogP contribution in [-0.2, 0) is 5.41 Å². The smallest absolute Gasteiger partial charge is 0.117 e. The Bertz CT molecular complexity index is 736. The van der Waals surface area contributed by atoms with E-state index in [9.17, 15) is 0 Å². The normalized spacial score (nSPS) is 16.7. The molecule has 1 saturated carbocycles. The number of fused-ring (bicyclic) bond motifs is 1. The molecular formula is C17H16N2. The molecular weight excluding hydrogens is 232 g/mol. The maximum Gasteiger partial charge on any atom is 0.117 e. The molecule has 1 N–H and O–H groups in total. The maximum atomic E-state index is 4.87. The van der Waals surface area contributed by atoms with Crippen LogP contribution >= 0.6 is 0 Å². The van der Waals surface area contributed by atoms with Crippen molar-refractivity contribution in [2.45, 2.75) is 25.2 Å². The summed E-state index contributed by atoms with van der Waals surface area (Å²) in [4.78, 5) is 8.39. The molecule has 0 aliphatic heterocycles. The summed E-state index contributed by atoms with van der Waals surface area (Å²) in [5.41, 5.74) is 5.01. The van der Waals surface area contributed by atoms with E-state index in [1.165, 1.54) is 24.0 Å². The van der Waals surface area contributed by atoms with Crippen molar-refractivity contribution < 1.29 is 0 Å². The fraction of sp³-hybridized carbons (Fsp3) is 0.235. The SMILES string of the molecule is Cc1cccc2[nH]c(C3(c4ccccc4)CC3)nc12. The third-order valence-corrected chi connectivity index (χ3v) is 4.24. The molecule has 0 spiro atoms. The number of aromatic amines is 1. The summed E-state index contributed by atoms with van der Waals surface area (Å²) >= 11 is 0. The zero-order valence-electron chi connectivity index (χ0n) is 11.0. The summed E-state index contributed by atoms with van der Waals surface area (Å²) < 4.78 is 0. The number of benzene rings is 2. The molecule has 0 bridgehead atoms. The first kappa shape index (κ1) is 10.8. The molecule has 0 radical (unpaired) electrons. The van der Waals surface area contributed by atoms with E-state index in [1.807, 2.05) is 0 Å². The van der Waals surface area contributed by atoms with Gasteiger partial charge in [0.05, 0.1) is 16.4 Å². The average Bonchev–Trinajstić information content (AvgIpc) is 3.14. The lowest BCUT2D eigenvalue weighted by molar-refractivity contribution is 0.778. The van der Waals surface area contributed by atoms with Crippen LogP contribution in [0.4, 0.5) is 0 Å². The van der Waals surface area contributed by atoms with Gasteiger partial charge in [0.2, 0.25) is 0 Å². The Balaban J connectivity index is 1.89. The number of aromatic nitrogens is 2. The highest BCUT2D eigenvalue weighted by molar-refractivity contribution is 5.79. The minimum absolute atomic E-state index is 0.132. The zero-order valence-corrected chi connectivity index (χ0v) is 11.0. The lowest BCUT2D eigenvalue weighted by Gasteiger charge is -2.12. The molecule has 2 nitrogen and oxygen atoms in total. The number of aryl methyl sites for hydroxylation is 1. The van der Waals surface area contributed by atoms with Crippen LogP contribution in [0.5, 0.6) is 0 Å². The highest BCUT2D eigenvalue weighted by Gasteiger charge is 2.48. The highest BCUT2D eigenvalue weighted by Crippen LogP contribution is 2.52. The van der Waals surface area contributed by atoms with Gasteiger partial charge in [-0.3, -0.25) is 0 Å². The highest BCUT2D eigenvalue weighted by atomic mass is 15.0. The van der Waals surface area contributed by atoms with Crippen molar-refractivity contribution in [2.75, 3.05) is 0 Å². The molecule has 0 saturated heterocycles. The molecule has 1 fully saturated rings. The van der Waals surface area contributed by atoms with E-state index >= 15 is 0 Å². The van der Waals surface area contributed by atoms with Crippen molar-refractivity contribution in [3.05, 3.63) is 65.5 Å². The molecule has 2 aromatic carbocycles. The minimum atomic E-state index is 0.132. The van der Waals surface area contributed by atoms with Crippen LogP contribution in [0.15, 0.2) is 48.5 Å². The Morgan fingerprint density at radius 3 is 2.47 bits per heavy atom. The molecule has 1 aliphatic carbocycles. The van der Waals surface area contributed by atoms with Crippen molar-refractivity contribution in [2.24, 2.45) is 0 Å². The molecule has 0 atom stereocenters. The van der Waals surface area contributed by atoms with Gasteiger partial charge in [-0.05, 0) is 37.0 Å². The van der Waals surface area contributed by atoms with Crippen LogP contribution in [0.3, 0.4) is 0 Å². The van der Waals surface area contributed by atoms with Gasteiger partial charge in [-0.15, -0.1) is 0 Å². The van der Waals surface area contributed by atoms with Gasteiger partial charge >= 0.3 is 0 Å². The zero-order chi connectivity index (χ0) is 12.9. The largest absolute Gasteiger partial charge is 0.341 e. The summed E-state index contributed by atoms with van der Waals surface area (Å²) in [7, 11) is 0. The van der Waals surface area contributed by atoms with Crippen LogP contribution in [-0.4, -0.2) is 9.97 Å². The molecule has 4 rings (SSSR count). The summed E-state index contributed by atoms with van der Waals surface area (Å²) in [6.07, 6.45) is 2.38. The first-order chi connectivity index (χ1) is 9.29. The lowest BCUT2D eigenvalue weighted by atomic mass is 9.95. The van der Waals surface area contributed by atoms with Crippen LogP contribution in [0, 0.1) is 6.92 Å². The monoisotopic (exact) mass is 248 g/mol. The number of nitrogens with zero attached hydrogens (tertiary/aromatic N) is 1. The van der Waals surface area contributed by atoms with E-state index < -0.39 is 0 Å². The van der Waals surface area contributed by atoms with Crippen molar-refractivity contribution >= 4 is 11.0 Å². The van der Waals surface area contributed by atoms with Gasteiger partial charge in [0, 0.05) is 0 Å². The van der Waals surface area contributed by atoms with E-state index in [2.05, 4.69) is 60.4 Å². The number of para-hydroxylation sites is 1. The van der Waals surface area contributed by atoms with Gasteiger partial charge in [0.15, 0.2) is 0 Å². The second kappa shape index (κ2) is 3.70. The van der Waals surface area contributed by atoms with E-state index in [4.69, 9.17) is 4.98 Å². The van der Waals surface area contributed by atoms with Crippen LogP contribution in [0.2, 0.25) is 0 Å². The van der Waals surface area contributed by atoms with Crippen molar-refractivity contribution in [1.82, 2.24) is 9.97 Å². The Morgan fingerprint density at radius 1 is 1.00 bits per heavy atom. The number of hydrogen-bond acceptors (Lipinski definition) is 1. The second-order valence-electron chi connectivity index (χ2n) is 5.50. The number of imidazole rings is 1. The summed E-state index contributed by atoms with van der Waals surface area (Å²) in [6, 6.07) is 17.0. The quantitative estimate of drug-likeness (QED) is 0.731. The number of rotatable bonds is 2. The summed E-state index contributed by atoms with van der Waals surface area (Å²) in [6.45, 7) is 2.12. The Hall–Kier alpha value is -2.09. The fourth-order valence-electron chi connectivity index (χ4n) is 2.95. The predicted octanol–water partition coefficient (Wildman–Crippen LogP) is 3.95. The van der Waals surface area contributed by atoms with E-state index in [0.29, 0.717) is 0 Å². The van der Waals surface area contributed by atoms with E-state index in [-0.39, 0.29) is 5.41 Å². The molecule has 19 heavy (non-hydrogen) atoms. The maximum absolute atomic E-state index is 4.87. The fourth-order valence-corrected chi connectivity index (χ4v) is 2.95. The van der Waals surface area contributed by atoms with Crippen molar-refractivity contribution in [3.8, 4) is 0 Å². The van der Waals surface area contributed by atoms with Gasteiger partial charge in [0.25, 0.3) is 0 Å². The van der Waals surface area contributed by atoms with E-state index in [1.54, 1.807) is 0 Å². The summed E-state index contributed by atoms with van der Waals surface area (Å²) in [5, 5.41) is 0. The van der Waals surface area contributed by atoms with Crippen molar-refractivity contribution in [1.29, 1.82) is 0 Å². The molecule has 1 aliphatic rings. The third kappa shape index (κ3) is 1.53. The first-order valence-corrected chi connectivity index (χ1v) is 6.81. The van der Waals surface area contributed by atoms with E-state index in [0.717, 1.165) is 16.9 Å². The Kier molecular flexibility index (Phi) is 2.10. The second-order valence-corrected chi connectivity index (χ2v) is 5.50. The van der Waals surface area contributed by atoms with Crippen LogP contribution in [0.25, 0.3) is 11.0 Å². The Morgan fingerprint density at radius 2 is 1.79 bits per heavy atom. The molecule has 1 aromatic heterocycles. The molecule has 0 amide bonds. The minimum Gasteiger partial charge on any atom is -0.341 e. The molecule has 0 unspecified atom stereocenters. The summed E-state index contributed by atoms with van der Waals surface area (Å²) in [5.74, 6) is 1.13. The van der Waals surface area contributed by atoms with Gasteiger partial charge in [-0.25, -0.2) is 4.98 Å². The van der Waals surface area contributed by atoms with Crippen LogP contribution < -0.4 is 0 Å². The number of hydrogen-bond donors (Lipinski definition) is 1. The van der Waals surface area contributed by atoms with Crippen molar-refractivity contribution in [3.63, 3.8) is 0 Å². The predicted molar refractivity (Wildman–Crippen MR) is 77.3 cm³/mol. The number of H-pyrrole nitrogens is 1. The third-order valence-electron chi connectivity index (χ3n) is 4.24. The molecule has 1 heterocycles. The molecule has 94 valence electrons. The molecule has 2 heteroatoms. The van der Waals surface area contributed by atoms with Gasteiger partial charge in [-0.2, -0.15) is 0 Å². The topological polar surface area (TPSA) is 28.7 Å². The van der Waals surface area contributed by atoms with Gasteiger partial charge in [-0.1, -0.05) is 42.5 Å².